The van der Waals surface area contributed by atoms with E-state index >= 15 is 0 Å². The standard InChI is InChI=1S/C14H15ClN4O/c1-9-14(15)12(18(2)17-9)7-13(20)10-8-16-19-6-4-3-5-11(10)19/h3-6,8,13,20H,7H2,1-2H3. The van der Waals surface area contributed by atoms with E-state index in [1.807, 2.05) is 38.4 Å². The normalized spacial score (nSPS) is 13.0. The lowest BCUT2D eigenvalue weighted by Gasteiger charge is -2.10. The fourth-order valence-corrected chi connectivity index (χ4v) is 2.64. The maximum absolute atomic E-state index is 10.5. The van der Waals surface area contributed by atoms with Crippen LogP contribution in [0.5, 0.6) is 0 Å². The van der Waals surface area contributed by atoms with E-state index in [-0.39, 0.29) is 0 Å². The van der Waals surface area contributed by atoms with Crippen molar-refractivity contribution >= 4 is 17.1 Å². The number of hydrogen-bond donors (Lipinski definition) is 1. The maximum Gasteiger partial charge on any atom is 0.0882 e. The van der Waals surface area contributed by atoms with Crippen LogP contribution in [-0.2, 0) is 13.5 Å². The molecule has 3 heterocycles. The van der Waals surface area contributed by atoms with Crippen molar-refractivity contribution in [2.75, 3.05) is 0 Å². The zero-order valence-electron chi connectivity index (χ0n) is 11.3. The Bertz CT molecular complexity index is 762. The van der Waals surface area contributed by atoms with E-state index in [9.17, 15) is 5.11 Å². The van der Waals surface area contributed by atoms with Crippen LogP contribution in [0.3, 0.4) is 0 Å². The minimum Gasteiger partial charge on any atom is -0.388 e. The van der Waals surface area contributed by atoms with Crippen molar-refractivity contribution < 1.29 is 5.11 Å². The van der Waals surface area contributed by atoms with Crippen LogP contribution >= 0.6 is 11.6 Å². The van der Waals surface area contributed by atoms with Crippen molar-refractivity contribution in [1.29, 1.82) is 0 Å². The third kappa shape index (κ3) is 2.09. The second kappa shape index (κ2) is 4.92. The topological polar surface area (TPSA) is 55.3 Å². The van der Waals surface area contributed by atoms with Crippen molar-refractivity contribution in [3.63, 3.8) is 0 Å². The van der Waals surface area contributed by atoms with Crippen LogP contribution in [0.4, 0.5) is 0 Å². The quantitative estimate of drug-likeness (QED) is 0.805. The van der Waals surface area contributed by atoms with Crippen LogP contribution in [0.25, 0.3) is 5.52 Å². The molecule has 0 radical (unpaired) electrons. The summed E-state index contributed by atoms with van der Waals surface area (Å²) in [6.45, 7) is 1.85. The molecule has 6 heteroatoms. The summed E-state index contributed by atoms with van der Waals surface area (Å²) in [5.41, 5.74) is 3.29. The van der Waals surface area contributed by atoms with E-state index in [1.54, 1.807) is 15.4 Å². The number of rotatable bonds is 3. The summed E-state index contributed by atoms with van der Waals surface area (Å²) in [5.74, 6) is 0. The van der Waals surface area contributed by atoms with Crippen LogP contribution in [0, 0.1) is 6.92 Å². The first-order chi connectivity index (χ1) is 9.58. The molecular formula is C14H15ClN4O. The van der Waals surface area contributed by atoms with Gasteiger partial charge in [-0.05, 0) is 19.1 Å². The number of hydrogen-bond acceptors (Lipinski definition) is 3. The van der Waals surface area contributed by atoms with Gasteiger partial charge in [0.25, 0.3) is 0 Å². The second-order valence-electron chi connectivity index (χ2n) is 4.82. The first-order valence-corrected chi connectivity index (χ1v) is 6.74. The van der Waals surface area contributed by atoms with Gasteiger partial charge in [-0.1, -0.05) is 17.7 Å². The third-order valence-electron chi connectivity index (χ3n) is 3.46. The first kappa shape index (κ1) is 13.1. The van der Waals surface area contributed by atoms with Crippen LogP contribution < -0.4 is 0 Å². The van der Waals surface area contributed by atoms with E-state index in [1.165, 1.54) is 0 Å². The van der Waals surface area contributed by atoms with Gasteiger partial charge in [-0.25, -0.2) is 4.52 Å². The second-order valence-corrected chi connectivity index (χ2v) is 5.20. The molecule has 1 N–H and O–H groups in total. The molecule has 0 aliphatic carbocycles. The number of aromatic nitrogens is 4. The zero-order chi connectivity index (χ0) is 14.3. The minimum absolute atomic E-state index is 0.409. The summed E-state index contributed by atoms with van der Waals surface area (Å²) in [5, 5.41) is 19.6. The molecule has 3 aromatic rings. The Morgan fingerprint density at radius 3 is 2.90 bits per heavy atom. The molecule has 104 valence electrons. The third-order valence-corrected chi connectivity index (χ3v) is 3.96. The van der Waals surface area contributed by atoms with Crippen molar-refractivity contribution in [3.8, 4) is 0 Å². The van der Waals surface area contributed by atoms with Crippen LogP contribution in [0.1, 0.15) is 23.1 Å². The molecule has 0 saturated heterocycles. The van der Waals surface area contributed by atoms with Crippen molar-refractivity contribution in [1.82, 2.24) is 19.4 Å². The van der Waals surface area contributed by atoms with Gasteiger partial charge < -0.3 is 5.11 Å². The van der Waals surface area contributed by atoms with Crippen molar-refractivity contribution in [2.24, 2.45) is 7.05 Å². The summed E-state index contributed by atoms with van der Waals surface area (Å²) in [7, 11) is 1.83. The Hall–Kier alpha value is -1.85. The molecule has 0 aromatic carbocycles. The number of pyridine rings is 1. The Labute approximate surface area is 121 Å². The fourth-order valence-electron chi connectivity index (χ4n) is 2.41. The van der Waals surface area contributed by atoms with E-state index < -0.39 is 6.10 Å². The molecular weight excluding hydrogens is 276 g/mol. The van der Waals surface area contributed by atoms with E-state index in [0.717, 1.165) is 22.5 Å². The smallest absolute Gasteiger partial charge is 0.0882 e. The van der Waals surface area contributed by atoms with Gasteiger partial charge in [-0.3, -0.25) is 4.68 Å². The SMILES string of the molecule is Cc1nn(C)c(CC(O)c2cnn3ccccc23)c1Cl. The number of halogens is 1. The van der Waals surface area contributed by atoms with Crippen molar-refractivity contribution in [2.45, 2.75) is 19.4 Å². The summed E-state index contributed by atoms with van der Waals surface area (Å²) >= 11 is 6.22. The van der Waals surface area contributed by atoms with Gasteiger partial charge in [-0.2, -0.15) is 10.2 Å². The molecule has 0 bridgehead atoms. The summed E-state index contributed by atoms with van der Waals surface area (Å²) in [6.07, 6.45) is 3.29. The van der Waals surface area contributed by atoms with E-state index in [2.05, 4.69) is 10.2 Å². The number of fused-ring (bicyclic) bond motifs is 1. The molecule has 0 fully saturated rings. The molecule has 0 spiro atoms. The lowest BCUT2D eigenvalue weighted by molar-refractivity contribution is 0.177. The molecule has 0 amide bonds. The van der Waals surface area contributed by atoms with Gasteiger partial charge in [0.2, 0.25) is 0 Å². The summed E-state index contributed by atoms with van der Waals surface area (Å²) in [6, 6.07) is 5.76. The van der Waals surface area contributed by atoms with Crippen molar-refractivity contribution in [3.05, 3.63) is 52.6 Å². The molecule has 0 aliphatic heterocycles. The lowest BCUT2D eigenvalue weighted by atomic mass is 10.1. The van der Waals surface area contributed by atoms with E-state index in [4.69, 9.17) is 11.6 Å². The monoisotopic (exact) mass is 290 g/mol. The van der Waals surface area contributed by atoms with Gasteiger partial charge in [0, 0.05) is 25.2 Å². The molecule has 0 saturated carbocycles. The van der Waals surface area contributed by atoms with E-state index in [0.29, 0.717) is 11.4 Å². The summed E-state index contributed by atoms with van der Waals surface area (Å²) < 4.78 is 3.46. The molecule has 1 unspecified atom stereocenters. The highest BCUT2D eigenvalue weighted by Crippen LogP contribution is 2.27. The van der Waals surface area contributed by atoms with Gasteiger partial charge >= 0.3 is 0 Å². The largest absolute Gasteiger partial charge is 0.388 e. The molecule has 1 atom stereocenters. The highest BCUT2D eigenvalue weighted by Gasteiger charge is 2.19. The predicted octanol–water partition coefficient (Wildman–Crippen LogP) is 2.31. The molecule has 3 aromatic heterocycles. The Morgan fingerprint density at radius 2 is 2.20 bits per heavy atom. The number of nitrogens with zero attached hydrogens (tertiary/aromatic N) is 4. The Kier molecular flexibility index (Phi) is 3.23. The summed E-state index contributed by atoms with van der Waals surface area (Å²) in [4.78, 5) is 0. The molecule has 5 nitrogen and oxygen atoms in total. The fraction of sp³-hybridized carbons (Fsp3) is 0.286. The zero-order valence-corrected chi connectivity index (χ0v) is 12.0. The first-order valence-electron chi connectivity index (χ1n) is 6.36. The average Bonchev–Trinajstić information content (AvgIpc) is 2.96. The van der Waals surface area contributed by atoms with Gasteiger partial charge in [-0.15, -0.1) is 0 Å². The van der Waals surface area contributed by atoms with Gasteiger partial charge in [0.05, 0.1) is 34.2 Å². The highest BCUT2D eigenvalue weighted by atomic mass is 35.5. The predicted molar refractivity (Wildman–Crippen MR) is 76.8 cm³/mol. The Morgan fingerprint density at radius 1 is 1.40 bits per heavy atom. The number of aliphatic hydroxyl groups excluding tert-OH is 1. The van der Waals surface area contributed by atoms with Crippen LogP contribution in [0.15, 0.2) is 30.6 Å². The van der Waals surface area contributed by atoms with Crippen LogP contribution in [0.2, 0.25) is 5.02 Å². The van der Waals surface area contributed by atoms with Gasteiger partial charge in [0.1, 0.15) is 0 Å². The molecule has 20 heavy (non-hydrogen) atoms. The molecule has 3 rings (SSSR count). The minimum atomic E-state index is -0.665. The number of aliphatic hydroxyl groups is 1. The average molecular weight is 291 g/mol. The molecule has 0 aliphatic rings. The maximum atomic E-state index is 10.5. The lowest BCUT2D eigenvalue weighted by Crippen LogP contribution is -2.06. The highest BCUT2D eigenvalue weighted by molar-refractivity contribution is 6.31. The Balaban J connectivity index is 1.95. The van der Waals surface area contributed by atoms with Gasteiger partial charge in [0.15, 0.2) is 0 Å². The number of aryl methyl sites for hydroxylation is 2. The van der Waals surface area contributed by atoms with Crippen LogP contribution in [-0.4, -0.2) is 24.5 Å².